The first-order valence-electron chi connectivity index (χ1n) is 9.08. The van der Waals surface area contributed by atoms with E-state index < -0.39 is 0 Å². The number of aryl methyl sites for hydroxylation is 1. The van der Waals surface area contributed by atoms with Crippen molar-refractivity contribution in [1.29, 1.82) is 0 Å². The lowest BCUT2D eigenvalue weighted by molar-refractivity contribution is 0.0534. The number of nitrogens with zero attached hydrogens (tertiary/aromatic N) is 4. The molecule has 2 aromatic rings. The van der Waals surface area contributed by atoms with Gasteiger partial charge in [-0.2, -0.15) is 0 Å². The van der Waals surface area contributed by atoms with Gasteiger partial charge in [-0.3, -0.25) is 14.6 Å². The molecule has 136 valence electrons. The smallest absolute Gasteiger partial charge is 0.274 e. The molecule has 1 atom stereocenters. The zero-order valence-electron chi connectivity index (χ0n) is 14.9. The van der Waals surface area contributed by atoms with Crippen LogP contribution in [0.4, 0.5) is 0 Å². The third kappa shape index (κ3) is 3.35. The number of hydrogen-bond acceptors (Lipinski definition) is 5. The Morgan fingerprint density at radius 3 is 2.54 bits per heavy atom. The van der Waals surface area contributed by atoms with E-state index in [9.17, 15) is 9.59 Å². The Labute approximate surface area is 156 Å². The van der Waals surface area contributed by atoms with E-state index >= 15 is 0 Å². The molecule has 2 aromatic heterocycles. The van der Waals surface area contributed by atoms with Crippen LogP contribution in [0, 0.1) is 5.92 Å². The predicted molar refractivity (Wildman–Crippen MR) is 99.3 cm³/mol. The third-order valence-electron chi connectivity index (χ3n) is 5.18. The zero-order chi connectivity index (χ0) is 18.1. The zero-order valence-corrected chi connectivity index (χ0v) is 15.7. The molecule has 3 heterocycles. The number of rotatable bonds is 2. The summed E-state index contributed by atoms with van der Waals surface area (Å²) in [7, 11) is 0. The molecule has 2 amide bonds. The van der Waals surface area contributed by atoms with Crippen molar-refractivity contribution in [3.63, 3.8) is 0 Å². The van der Waals surface area contributed by atoms with Crippen molar-refractivity contribution in [2.24, 2.45) is 5.92 Å². The number of fused-ring (bicyclic) bond motifs is 1. The van der Waals surface area contributed by atoms with Crippen LogP contribution >= 0.6 is 11.3 Å². The van der Waals surface area contributed by atoms with Gasteiger partial charge in [0.2, 0.25) is 0 Å². The molecule has 0 aromatic carbocycles. The van der Waals surface area contributed by atoms with Crippen LogP contribution in [0.3, 0.4) is 0 Å². The van der Waals surface area contributed by atoms with Crippen molar-refractivity contribution >= 4 is 23.2 Å². The van der Waals surface area contributed by atoms with Crippen LogP contribution in [0.2, 0.25) is 0 Å². The molecule has 0 spiro atoms. The average Bonchev–Trinajstić information content (AvgIpc) is 3.11. The van der Waals surface area contributed by atoms with Gasteiger partial charge in [-0.05, 0) is 36.8 Å². The summed E-state index contributed by atoms with van der Waals surface area (Å²) in [4.78, 5) is 39.1. The van der Waals surface area contributed by atoms with E-state index in [0.717, 1.165) is 17.7 Å². The van der Waals surface area contributed by atoms with E-state index in [4.69, 9.17) is 0 Å². The molecule has 26 heavy (non-hydrogen) atoms. The van der Waals surface area contributed by atoms with Crippen LogP contribution in [-0.2, 0) is 12.8 Å². The minimum Gasteiger partial charge on any atom is -0.334 e. The fraction of sp³-hybridized carbons (Fsp3) is 0.474. The number of amides is 2. The van der Waals surface area contributed by atoms with Crippen LogP contribution in [0.25, 0.3) is 0 Å². The number of carbonyl (C=O) groups excluding carboxylic acids is 2. The molecule has 1 aliphatic carbocycles. The van der Waals surface area contributed by atoms with Gasteiger partial charge in [0.15, 0.2) is 0 Å². The van der Waals surface area contributed by atoms with Crippen molar-refractivity contribution < 1.29 is 9.59 Å². The van der Waals surface area contributed by atoms with Gasteiger partial charge >= 0.3 is 0 Å². The Balaban J connectivity index is 1.39. The number of thiophene rings is 1. The van der Waals surface area contributed by atoms with Crippen molar-refractivity contribution in [3.05, 3.63) is 45.7 Å². The maximum absolute atomic E-state index is 12.9. The largest absolute Gasteiger partial charge is 0.334 e. The van der Waals surface area contributed by atoms with Gasteiger partial charge in [-0.25, -0.2) is 4.98 Å². The highest BCUT2D eigenvalue weighted by molar-refractivity contribution is 7.14. The second-order valence-electron chi connectivity index (χ2n) is 7.08. The van der Waals surface area contributed by atoms with Crippen molar-refractivity contribution in [2.75, 3.05) is 26.2 Å². The molecule has 0 bridgehead atoms. The summed E-state index contributed by atoms with van der Waals surface area (Å²) in [6, 6.07) is 2.09. The highest BCUT2D eigenvalue weighted by atomic mass is 32.1. The number of piperazine rings is 1. The summed E-state index contributed by atoms with van der Waals surface area (Å²) in [5, 5.41) is 0. The quantitative estimate of drug-likeness (QED) is 0.813. The van der Waals surface area contributed by atoms with Crippen molar-refractivity contribution in [3.8, 4) is 0 Å². The topological polar surface area (TPSA) is 66.4 Å². The highest BCUT2D eigenvalue weighted by Crippen LogP contribution is 2.32. The Hall–Kier alpha value is -2.28. The van der Waals surface area contributed by atoms with E-state index in [1.807, 2.05) is 4.90 Å². The lowest BCUT2D eigenvalue weighted by Crippen LogP contribution is -2.50. The highest BCUT2D eigenvalue weighted by Gasteiger charge is 2.28. The lowest BCUT2D eigenvalue weighted by Gasteiger charge is -2.34. The van der Waals surface area contributed by atoms with E-state index in [-0.39, 0.29) is 11.8 Å². The van der Waals surface area contributed by atoms with Crippen LogP contribution < -0.4 is 0 Å². The molecule has 4 rings (SSSR count). The summed E-state index contributed by atoms with van der Waals surface area (Å²) in [5.41, 5.74) is 1.71. The fourth-order valence-corrected chi connectivity index (χ4v) is 4.83. The normalized spacial score (nSPS) is 20.0. The van der Waals surface area contributed by atoms with E-state index in [1.165, 1.54) is 29.3 Å². The first-order valence-corrected chi connectivity index (χ1v) is 9.89. The maximum atomic E-state index is 12.9. The molecule has 0 radical (unpaired) electrons. The molecule has 1 unspecified atom stereocenters. The van der Waals surface area contributed by atoms with Gasteiger partial charge in [-0.15, -0.1) is 11.3 Å². The molecule has 1 fully saturated rings. The predicted octanol–water partition coefficient (Wildman–Crippen LogP) is 2.26. The SMILES string of the molecule is CC1CCc2sc(C(=O)N3CCN(C(=O)c4cnccn4)CC3)cc2C1. The minimum absolute atomic E-state index is 0.101. The Morgan fingerprint density at radius 1 is 1.12 bits per heavy atom. The van der Waals surface area contributed by atoms with Gasteiger partial charge in [0.25, 0.3) is 11.8 Å². The molecule has 0 N–H and O–H groups in total. The van der Waals surface area contributed by atoms with Gasteiger partial charge in [0.05, 0.1) is 11.1 Å². The summed E-state index contributed by atoms with van der Waals surface area (Å²) in [6.45, 7) is 4.45. The molecule has 7 heteroatoms. The first-order chi connectivity index (χ1) is 12.6. The summed E-state index contributed by atoms with van der Waals surface area (Å²) in [6.07, 6.45) is 7.94. The van der Waals surface area contributed by atoms with Gasteiger partial charge < -0.3 is 9.80 Å². The van der Waals surface area contributed by atoms with Crippen molar-refractivity contribution in [1.82, 2.24) is 19.8 Å². The molecule has 1 aliphatic heterocycles. The average molecular weight is 370 g/mol. The van der Waals surface area contributed by atoms with E-state index in [2.05, 4.69) is 23.0 Å². The number of carbonyl (C=O) groups is 2. The van der Waals surface area contributed by atoms with Crippen LogP contribution in [0.15, 0.2) is 24.7 Å². The van der Waals surface area contributed by atoms with E-state index in [0.29, 0.717) is 37.8 Å². The third-order valence-corrected chi connectivity index (χ3v) is 6.40. The number of aromatic nitrogens is 2. The first kappa shape index (κ1) is 17.1. The fourth-order valence-electron chi connectivity index (χ4n) is 3.65. The molecular weight excluding hydrogens is 348 g/mol. The van der Waals surface area contributed by atoms with Gasteiger partial charge in [0.1, 0.15) is 5.69 Å². The monoisotopic (exact) mass is 370 g/mol. The lowest BCUT2D eigenvalue weighted by atomic mass is 9.90. The summed E-state index contributed by atoms with van der Waals surface area (Å²) >= 11 is 1.65. The van der Waals surface area contributed by atoms with E-state index in [1.54, 1.807) is 22.4 Å². The molecule has 1 saturated heterocycles. The summed E-state index contributed by atoms with van der Waals surface area (Å²) in [5.74, 6) is 0.685. The van der Waals surface area contributed by atoms with Crippen molar-refractivity contribution in [2.45, 2.75) is 26.2 Å². The maximum Gasteiger partial charge on any atom is 0.274 e. The Bertz CT molecular complexity index is 812. The minimum atomic E-state index is -0.120. The molecule has 6 nitrogen and oxygen atoms in total. The molecule has 0 saturated carbocycles. The standard InChI is InChI=1S/C19H22N4O2S/c1-13-2-3-16-14(10-13)11-17(26-16)19(25)23-8-6-22(7-9-23)18(24)15-12-20-4-5-21-15/h4-5,11-13H,2-3,6-10H2,1H3. The number of hydrogen-bond donors (Lipinski definition) is 0. The van der Waals surface area contributed by atoms with Crippen LogP contribution in [-0.4, -0.2) is 57.8 Å². The molecule has 2 aliphatic rings. The second kappa shape index (κ2) is 7.15. The van der Waals surface area contributed by atoms with Crippen LogP contribution in [0.5, 0.6) is 0 Å². The Kier molecular flexibility index (Phi) is 4.72. The van der Waals surface area contributed by atoms with Gasteiger partial charge in [-0.1, -0.05) is 6.92 Å². The van der Waals surface area contributed by atoms with Crippen LogP contribution in [0.1, 0.15) is 43.9 Å². The summed E-state index contributed by atoms with van der Waals surface area (Å²) < 4.78 is 0. The second-order valence-corrected chi connectivity index (χ2v) is 8.22. The molecular formula is C19H22N4O2S. The van der Waals surface area contributed by atoms with Gasteiger partial charge in [0, 0.05) is 43.4 Å². The Morgan fingerprint density at radius 2 is 1.85 bits per heavy atom.